The molecular formula is C30H35NO5. The Hall–Kier alpha value is -3.93. The van der Waals surface area contributed by atoms with Crippen molar-refractivity contribution in [3.63, 3.8) is 0 Å². The number of carbonyl (C=O) groups excluding carboxylic acids is 3. The van der Waals surface area contributed by atoms with Crippen LogP contribution in [0.3, 0.4) is 0 Å². The van der Waals surface area contributed by atoms with Gasteiger partial charge in [-0.3, -0.25) is 4.79 Å². The Morgan fingerprint density at radius 1 is 0.750 bits per heavy atom. The van der Waals surface area contributed by atoms with E-state index in [1.54, 1.807) is 85.0 Å². The van der Waals surface area contributed by atoms with E-state index in [0.29, 0.717) is 11.3 Å². The van der Waals surface area contributed by atoms with Gasteiger partial charge in [0.25, 0.3) is 5.91 Å². The molecule has 0 aliphatic carbocycles. The van der Waals surface area contributed by atoms with Crippen LogP contribution in [0.5, 0.6) is 0 Å². The van der Waals surface area contributed by atoms with Crippen molar-refractivity contribution < 1.29 is 23.9 Å². The summed E-state index contributed by atoms with van der Waals surface area (Å²) in [6.07, 6.45) is 2.53. The second-order valence-electron chi connectivity index (χ2n) is 10.2. The van der Waals surface area contributed by atoms with Gasteiger partial charge in [-0.25, -0.2) is 9.59 Å². The first kappa shape index (κ1) is 28.3. The average molecular weight is 490 g/mol. The zero-order valence-corrected chi connectivity index (χ0v) is 22.1. The highest BCUT2D eigenvalue weighted by atomic mass is 16.6. The summed E-state index contributed by atoms with van der Waals surface area (Å²) in [6.45, 7) is 14.4. The Morgan fingerprint density at radius 2 is 1.22 bits per heavy atom. The fraction of sp³-hybridized carbons (Fsp3) is 0.300. The van der Waals surface area contributed by atoms with Crippen LogP contribution in [0.4, 0.5) is 5.69 Å². The number of hydrogen-bond donors (Lipinski definition) is 0. The van der Waals surface area contributed by atoms with E-state index in [4.69, 9.17) is 9.47 Å². The van der Waals surface area contributed by atoms with Crippen molar-refractivity contribution in [2.75, 3.05) is 11.9 Å². The van der Waals surface area contributed by atoms with Gasteiger partial charge in [0.2, 0.25) is 0 Å². The number of benzene rings is 2. The lowest BCUT2D eigenvalue weighted by Crippen LogP contribution is -2.29. The third kappa shape index (κ3) is 8.38. The topological polar surface area (TPSA) is 72.9 Å². The van der Waals surface area contributed by atoms with E-state index in [9.17, 15) is 14.4 Å². The van der Waals surface area contributed by atoms with E-state index >= 15 is 0 Å². The molecular weight excluding hydrogens is 454 g/mol. The third-order valence-electron chi connectivity index (χ3n) is 4.78. The number of hydrogen-bond acceptors (Lipinski definition) is 5. The summed E-state index contributed by atoms with van der Waals surface area (Å²) in [5.74, 6) is -1.91. The van der Waals surface area contributed by atoms with Crippen molar-refractivity contribution in [1.82, 2.24) is 0 Å². The minimum atomic E-state index is -0.839. The normalized spacial score (nSPS) is 12.5. The van der Waals surface area contributed by atoms with E-state index in [0.717, 1.165) is 0 Å². The lowest BCUT2D eigenvalue weighted by molar-refractivity contribution is -0.152. The Kier molecular flexibility index (Phi) is 9.17. The second-order valence-corrected chi connectivity index (χ2v) is 10.2. The van der Waals surface area contributed by atoms with Gasteiger partial charge in [0.05, 0.1) is 11.1 Å². The van der Waals surface area contributed by atoms with Crippen LogP contribution in [0, 0.1) is 0 Å². The maximum Gasteiger partial charge on any atom is 0.340 e. The second kappa shape index (κ2) is 11.7. The van der Waals surface area contributed by atoms with Gasteiger partial charge in [0.1, 0.15) is 11.2 Å². The number of nitrogens with zero attached hydrogens (tertiary/aromatic N) is 1. The number of esters is 2. The van der Waals surface area contributed by atoms with Gasteiger partial charge in [0, 0.05) is 18.8 Å². The smallest absolute Gasteiger partial charge is 0.340 e. The molecule has 0 heterocycles. The van der Waals surface area contributed by atoms with Gasteiger partial charge < -0.3 is 14.4 Å². The molecule has 0 spiro atoms. The van der Waals surface area contributed by atoms with Crippen molar-refractivity contribution >= 4 is 29.1 Å². The molecule has 6 nitrogen and oxygen atoms in total. The summed E-state index contributed by atoms with van der Waals surface area (Å²) in [5.41, 5.74) is -0.282. The molecule has 190 valence electrons. The molecule has 0 N–H and O–H groups in total. The summed E-state index contributed by atoms with van der Waals surface area (Å²) in [6, 6.07) is 18.1. The van der Waals surface area contributed by atoms with Crippen LogP contribution in [-0.2, 0) is 23.9 Å². The molecule has 0 saturated carbocycles. The molecule has 0 unspecified atom stereocenters. The molecule has 0 atom stereocenters. The lowest BCUT2D eigenvalue weighted by Gasteiger charge is -2.24. The highest BCUT2D eigenvalue weighted by Crippen LogP contribution is 2.29. The molecule has 1 amide bonds. The summed E-state index contributed by atoms with van der Waals surface area (Å²) < 4.78 is 11.2. The molecule has 0 bridgehead atoms. The standard InChI is InChI=1S/C30H35NO5/c1-21(22-15-11-9-12-16-22)26(28(34)36-30(5,6)7)24(27(33)35-29(2,3)4)19-20-25(32)31(8)23-17-13-10-14-18-23/h9-20H,1H2,2-8H3/b20-19+,26-24+. The minimum absolute atomic E-state index is 0.0724. The quantitative estimate of drug-likeness (QED) is 0.275. The fourth-order valence-electron chi connectivity index (χ4n) is 3.14. The Balaban J connectivity index is 2.67. The molecule has 0 fully saturated rings. The van der Waals surface area contributed by atoms with E-state index in [-0.39, 0.29) is 16.7 Å². The Morgan fingerprint density at radius 3 is 1.72 bits per heavy atom. The van der Waals surface area contributed by atoms with Crippen LogP contribution < -0.4 is 4.90 Å². The molecule has 0 aliphatic heterocycles. The maximum atomic E-state index is 13.4. The predicted octanol–water partition coefficient (Wildman–Crippen LogP) is 5.90. The van der Waals surface area contributed by atoms with E-state index in [1.165, 1.54) is 17.1 Å². The van der Waals surface area contributed by atoms with E-state index in [2.05, 4.69) is 6.58 Å². The molecule has 0 saturated heterocycles. The number of para-hydroxylation sites is 1. The van der Waals surface area contributed by atoms with Crippen LogP contribution in [-0.4, -0.2) is 36.1 Å². The number of rotatable bonds is 7. The molecule has 0 aliphatic rings. The van der Waals surface area contributed by atoms with Crippen molar-refractivity contribution in [2.45, 2.75) is 52.7 Å². The molecule has 2 rings (SSSR count). The maximum absolute atomic E-state index is 13.4. The Bertz CT molecular complexity index is 1160. The first-order valence-corrected chi connectivity index (χ1v) is 11.7. The molecule has 2 aromatic carbocycles. The molecule has 0 radical (unpaired) electrons. The average Bonchev–Trinajstić information content (AvgIpc) is 2.79. The predicted molar refractivity (Wildman–Crippen MR) is 143 cm³/mol. The van der Waals surface area contributed by atoms with Crippen LogP contribution in [0.1, 0.15) is 47.1 Å². The molecule has 36 heavy (non-hydrogen) atoms. The molecule has 0 aromatic heterocycles. The van der Waals surface area contributed by atoms with E-state index in [1.807, 2.05) is 24.3 Å². The first-order valence-electron chi connectivity index (χ1n) is 11.7. The zero-order chi connectivity index (χ0) is 27.1. The van der Waals surface area contributed by atoms with Gasteiger partial charge >= 0.3 is 11.9 Å². The number of amides is 1. The van der Waals surface area contributed by atoms with Gasteiger partial charge in [-0.05, 0) is 70.9 Å². The zero-order valence-electron chi connectivity index (χ0n) is 22.1. The number of ether oxygens (including phenoxy) is 2. The summed E-state index contributed by atoms with van der Waals surface area (Å²) in [7, 11) is 1.62. The van der Waals surface area contributed by atoms with Crippen LogP contribution in [0.15, 0.2) is 90.5 Å². The lowest BCUT2D eigenvalue weighted by atomic mass is 9.94. The van der Waals surface area contributed by atoms with Gasteiger partial charge in [-0.1, -0.05) is 55.1 Å². The molecule has 6 heteroatoms. The SMILES string of the molecule is C=C(/C(C(=O)OC(C)(C)C)=C(/C=C/C(=O)N(C)c1ccccc1)C(=O)OC(C)(C)C)c1ccccc1. The minimum Gasteiger partial charge on any atom is -0.456 e. The largest absolute Gasteiger partial charge is 0.456 e. The summed E-state index contributed by atoms with van der Waals surface area (Å²) in [4.78, 5) is 41.1. The monoisotopic (exact) mass is 489 g/mol. The van der Waals surface area contributed by atoms with Gasteiger partial charge in [-0.15, -0.1) is 0 Å². The van der Waals surface area contributed by atoms with Crippen molar-refractivity contribution in [1.29, 1.82) is 0 Å². The first-order chi connectivity index (χ1) is 16.7. The van der Waals surface area contributed by atoms with Gasteiger partial charge in [0.15, 0.2) is 0 Å². The van der Waals surface area contributed by atoms with Crippen LogP contribution in [0.2, 0.25) is 0 Å². The number of carbonyl (C=O) groups is 3. The third-order valence-corrected chi connectivity index (χ3v) is 4.78. The fourth-order valence-corrected chi connectivity index (χ4v) is 3.14. The highest BCUT2D eigenvalue weighted by molar-refractivity contribution is 6.14. The van der Waals surface area contributed by atoms with E-state index < -0.39 is 29.0 Å². The molecule has 2 aromatic rings. The van der Waals surface area contributed by atoms with Crippen molar-refractivity contribution in [3.8, 4) is 0 Å². The summed E-state index contributed by atoms with van der Waals surface area (Å²) >= 11 is 0. The number of likely N-dealkylation sites (N-methyl/N-ethyl adjacent to an activating group) is 1. The van der Waals surface area contributed by atoms with Crippen molar-refractivity contribution in [2.24, 2.45) is 0 Å². The highest BCUT2D eigenvalue weighted by Gasteiger charge is 2.30. The van der Waals surface area contributed by atoms with Crippen LogP contribution in [0.25, 0.3) is 5.57 Å². The van der Waals surface area contributed by atoms with Crippen LogP contribution >= 0.6 is 0 Å². The Labute approximate surface area is 213 Å². The summed E-state index contributed by atoms with van der Waals surface area (Å²) in [5, 5.41) is 0. The van der Waals surface area contributed by atoms with Gasteiger partial charge in [-0.2, -0.15) is 0 Å². The number of anilines is 1. The van der Waals surface area contributed by atoms with Crippen molar-refractivity contribution in [3.05, 3.63) is 96.1 Å².